The van der Waals surface area contributed by atoms with E-state index in [-0.39, 0.29) is 12.3 Å². The number of carbonyl (C=O) groups is 3. The minimum Gasteiger partial charge on any atom is -0.319 e. The molecule has 1 aliphatic rings. The summed E-state index contributed by atoms with van der Waals surface area (Å²) in [4.78, 5) is 38.9. The zero-order chi connectivity index (χ0) is 20.5. The fraction of sp³-hybridized carbons (Fsp3) is 0.273. The number of ketones is 1. The zero-order valence-electron chi connectivity index (χ0n) is 16.0. The minimum absolute atomic E-state index is 0.303. The number of nitrogens with one attached hydrogen (secondary N) is 1. The number of Topliss-reactive ketones (excluding diaryl/α,β-unsaturated/α-hetero) is 1. The molecular weight excluding hydrogens is 354 g/mol. The normalized spacial score (nSPS) is 18.9. The highest BCUT2D eigenvalue weighted by molar-refractivity contribution is 6.11. The first kappa shape index (κ1) is 19.3. The van der Waals surface area contributed by atoms with Crippen LogP contribution in [0, 0.1) is 11.3 Å². The highest BCUT2D eigenvalue weighted by Crippen LogP contribution is 2.29. The molecule has 0 aliphatic carbocycles. The molecule has 1 fully saturated rings. The third-order valence-electron chi connectivity index (χ3n) is 5.07. The molecule has 2 aromatic carbocycles. The Kier molecular flexibility index (Phi) is 5.02. The van der Waals surface area contributed by atoms with Crippen LogP contribution in [0.3, 0.4) is 0 Å². The number of urea groups is 1. The lowest BCUT2D eigenvalue weighted by molar-refractivity contribution is -0.130. The SMILES string of the molecule is CC(C)c1ccc(C(=O)CN2C(=O)NC(C)(c3ccc(C#N)cc3)C2=O)cc1. The monoisotopic (exact) mass is 375 g/mol. The average Bonchev–Trinajstić information content (AvgIpc) is 2.92. The smallest absolute Gasteiger partial charge is 0.319 e. The number of imide groups is 1. The van der Waals surface area contributed by atoms with E-state index >= 15 is 0 Å². The molecular formula is C22H21N3O3. The predicted molar refractivity (Wildman–Crippen MR) is 104 cm³/mol. The van der Waals surface area contributed by atoms with Gasteiger partial charge >= 0.3 is 6.03 Å². The van der Waals surface area contributed by atoms with Gasteiger partial charge < -0.3 is 5.32 Å². The van der Waals surface area contributed by atoms with Crippen molar-refractivity contribution >= 4 is 17.7 Å². The van der Waals surface area contributed by atoms with Gasteiger partial charge in [-0.25, -0.2) is 4.79 Å². The van der Waals surface area contributed by atoms with Gasteiger partial charge in [0.2, 0.25) is 0 Å². The summed E-state index contributed by atoms with van der Waals surface area (Å²) in [7, 11) is 0. The van der Waals surface area contributed by atoms with E-state index in [1.807, 2.05) is 18.2 Å². The van der Waals surface area contributed by atoms with Crippen molar-refractivity contribution < 1.29 is 14.4 Å². The molecule has 3 rings (SSSR count). The second-order valence-electron chi connectivity index (χ2n) is 7.34. The zero-order valence-corrected chi connectivity index (χ0v) is 16.0. The largest absolute Gasteiger partial charge is 0.325 e. The van der Waals surface area contributed by atoms with Gasteiger partial charge in [-0.3, -0.25) is 14.5 Å². The molecule has 1 unspecified atom stereocenters. The first-order chi connectivity index (χ1) is 13.3. The summed E-state index contributed by atoms with van der Waals surface area (Å²) in [6.45, 7) is 5.40. The molecule has 1 heterocycles. The lowest BCUT2D eigenvalue weighted by Crippen LogP contribution is -2.41. The van der Waals surface area contributed by atoms with Crippen molar-refractivity contribution in [1.29, 1.82) is 5.26 Å². The Hall–Kier alpha value is -3.46. The van der Waals surface area contributed by atoms with Crippen LogP contribution in [0.4, 0.5) is 4.79 Å². The molecule has 0 radical (unpaired) electrons. The van der Waals surface area contributed by atoms with Crippen LogP contribution < -0.4 is 5.32 Å². The second-order valence-corrected chi connectivity index (χ2v) is 7.34. The topological polar surface area (TPSA) is 90.3 Å². The van der Waals surface area contributed by atoms with E-state index in [2.05, 4.69) is 19.2 Å². The molecule has 1 aliphatic heterocycles. The highest BCUT2D eigenvalue weighted by Gasteiger charge is 2.49. The van der Waals surface area contributed by atoms with Gasteiger partial charge in [0.25, 0.3) is 5.91 Å². The molecule has 28 heavy (non-hydrogen) atoms. The molecule has 0 aromatic heterocycles. The van der Waals surface area contributed by atoms with E-state index in [1.165, 1.54) is 0 Å². The summed E-state index contributed by atoms with van der Waals surface area (Å²) in [6.07, 6.45) is 0. The average molecular weight is 375 g/mol. The van der Waals surface area contributed by atoms with Crippen LogP contribution in [0.25, 0.3) is 0 Å². The van der Waals surface area contributed by atoms with Crippen LogP contribution in [0.5, 0.6) is 0 Å². The van der Waals surface area contributed by atoms with Gasteiger partial charge in [0.05, 0.1) is 18.2 Å². The van der Waals surface area contributed by atoms with E-state index in [0.29, 0.717) is 22.6 Å². The van der Waals surface area contributed by atoms with E-state index in [1.54, 1.807) is 43.3 Å². The van der Waals surface area contributed by atoms with Gasteiger partial charge in [0.15, 0.2) is 5.78 Å². The number of rotatable bonds is 5. The van der Waals surface area contributed by atoms with Crippen LogP contribution in [0.15, 0.2) is 48.5 Å². The molecule has 6 heteroatoms. The Morgan fingerprint density at radius 2 is 1.71 bits per heavy atom. The van der Waals surface area contributed by atoms with Crippen LogP contribution in [-0.2, 0) is 10.3 Å². The Morgan fingerprint density at radius 3 is 2.25 bits per heavy atom. The van der Waals surface area contributed by atoms with E-state index < -0.39 is 17.5 Å². The van der Waals surface area contributed by atoms with Crippen LogP contribution >= 0.6 is 0 Å². The Balaban J connectivity index is 1.79. The number of carbonyl (C=O) groups excluding carboxylic acids is 3. The van der Waals surface area contributed by atoms with Crippen LogP contribution in [0.2, 0.25) is 0 Å². The second kappa shape index (κ2) is 7.28. The summed E-state index contributed by atoms with van der Waals surface area (Å²) < 4.78 is 0. The third kappa shape index (κ3) is 3.39. The lowest BCUT2D eigenvalue weighted by Gasteiger charge is -2.22. The predicted octanol–water partition coefficient (Wildman–Crippen LogP) is 3.33. The number of nitriles is 1. The fourth-order valence-corrected chi connectivity index (χ4v) is 3.20. The summed E-state index contributed by atoms with van der Waals surface area (Å²) in [5.74, 6) is -0.444. The first-order valence-electron chi connectivity index (χ1n) is 9.04. The fourth-order valence-electron chi connectivity index (χ4n) is 3.20. The van der Waals surface area contributed by atoms with Crippen molar-refractivity contribution in [3.05, 3.63) is 70.8 Å². The summed E-state index contributed by atoms with van der Waals surface area (Å²) in [5.41, 5.74) is 1.31. The van der Waals surface area contributed by atoms with Crippen LogP contribution in [-0.4, -0.2) is 29.2 Å². The van der Waals surface area contributed by atoms with E-state index in [4.69, 9.17) is 5.26 Å². The van der Waals surface area contributed by atoms with Crippen molar-refractivity contribution in [1.82, 2.24) is 10.2 Å². The Morgan fingerprint density at radius 1 is 1.11 bits per heavy atom. The molecule has 1 N–H and O–H groups in total. The van der Waals surface area contributed by atoms with Gasteiger partial charge in [-0.1, -0.05) is 50.2 Å². The molecule has 2 aromatic rings. The van der Waals surface area contributed by atoms with Crippen molar-refractivity contribution in [2.45, 2.75) is 32.2 Å². The first-order valence-corrected chi connectivity index (χ1v) is 9.04. The van der Waals surface area contributed by atoms with Crippen molar-refractivity contribution in [2.75, 3.05) is 6.54 Å². The Bertz CT molecular complexity index is 972. The van der Waals surface area contributed by atoms with Gasteiger partial charge in [-0.2, -0.15) is 5.26 Å². The molecule has 142 valence electrons. The summed E-state index contributed by atoms with van der Waals surface area (Å²) >= 11 is 0. The standard InChI is InChI=1S/C22H21N3O3/c1-14(2)16-6-8-17(9-7-16)19(26)13-25-20(27)22(3,24-21(25)28)18-10-4-15(12-23)5-11-18/h4-11,14H,13H2,1-3H3,(H,24,28). The van der Waals surface area contributed by atoms with Crippen molar-refractivity contribution in [3.63, 3.8) is 0 Å². The van der Waals surface area contributed by atoms with Crippen LogP contribution in [0.1, 0.15) is 53.7 Å². The van der Waals surface area contributed by atoms with Gasteiger partial charge in [0, 0.05) is 5.56 Å². The van der Waals surface area contributed by atoms with Gasteiger partial charge in [0.1, 0.15) is 5.54 Å². The lowest BCUT2D eigenvalue weighted by atomic mass is 9.91. The molecule has 6 nitrogen and oxygen atoms in total. The van der Waals surface area contributed by atoms with Crippen molar-refractivity contribution in [3.8, 4) is 6.07 Å². The molecule has 0 spiro atoms. The maximum absolute atomic E-state index is 12.9. The van der Waals surface area contributed by atoms with E-state index in [9.17, 15) is 14.4 Å². The summed E-state index contributed by atoms with van der Waals surface area (Å²) in [5, 5.41) is 11.6. The quantitative estimate of drug-likeness (QED) is 0.641. The molecule has 3 amide bonds. The molecule has 1 saturated heterocycles. The third-order valence-corrected chi connectivity index (χ3v) is 5.07. The minimum atomic E-state index is -1.27. The van der Waals surface area contributed by atoms with Gasteiger partial charge in [-0.05, 0) is 36.1 Å². The summed E-state index contributed by atoms with van der Waals surface area (Å²) in [6, 6.07) is 15.0. The number of benzene rings is 2. The number of hydrogen-bond acceptors (Lipinski definition) is 4. The van der Waals surface area contributed by atoms with Gasteiger partial charge in [-0.15, -0.1) is 0 Å². The number of nitrogens with zero attached hydrogens (tertiary/aromatic N) is 2. The molecule has 1 atom stereocenters. The molecule has 0 bridgehead atoms. The van der Waals surface area contributed by atoms with Crippen molar-refractivity contribution in [2.24, 2.45) is 0 Å². The maximum atomic E-state index is 12.9. The number of amides is 3. The maximum Gasteiger partial charge on any atom is 0.325 e. The number of hydrogen-bond donors (Lipinski definition) is 1. The Labute approximate surface area is 163 Å². The highest BCUT2D eigenvalue weighted by atomic mass is 16.2. The van der Waals surface area contributed by atoms with E-state index in [0.717, 1.165) is 10.5 Å². The molecule has 0 saturated carbocycles.